The Morgan fingerprint density at radius 1 is 1.34 bits per heavy atom. The Bertz CT molecular complexity index is 968. The summed E-state index contributed by atoms with van der Waals surface area (Å²) in [4.78, 5) is 42.6. The molecule has 2 saturated heterocycles. The monoisotopic (exact) mass is 398 g/mol. The van der Waals surface area contributed by atoms with Crippen LogP contribution in [0.1, 0.15) is 42.2 Å². The first-order valence-electron chi connectivity index (χ1n) is 9.98. The molecule has 3 heterocycles. The lowest BCUT2D eigenvalue weighted by atomic mass is 9.56. The SMILES string of the molecule is CC[C@H]1C[C@H]2CN(C=O)[C@@H]1[C@](C(=O)OC)(c1[nH]c3ccc(OC)cc3c1C=O)C2. The van der Waals surface area contributed by atoms with Crippen molar-refractivity contribution in [3.05, 3.63) is 29.5 Å². The van der Waals surface area contributed by atoms with Gasteiger partial charge in [-0.25, -0.2) is 0 Å². The summed E-state index contributed by atoms with van der Waals surface area (Å²) in [5.74, 6) is 0.560. The van der Waals surface area contributed by atoms with Crippen LogP contribution >= 0.6 is 0 Å². The predicted octanol–water partition coefficient (Wildman–Crippen LogP) is 2.68. The molecule has 0 radical (unpaired) electrons. The molecule has 5 rings (SSSR count). The van der Waals surface area contributed by atoms with E-state index in [1.807, 2.05) is 12.1 Å². The average molecular weight is 398 g/mol. The van der Waals surface area contributed by atoms with Crippen molar-refractivity contribution in [3.63, 3.8) is 0 Å². The van der Waals surface area contributed by atoms with Crippen LogP contribution in [-0.2, 0) is 19.7 Å². The van der Waals surface area contributed by atoms with Crippen LogP contribution in [-0.4, -0.2) is 55.4 Å². The van der Waals surface area contributed by atoms with E-state index in [-0.39, 0.29) is 17.9 Å². The van der Waals surface area contributed by atoms with E-state index in [1.165, 1.54) is 7.11 Å². The summed E-state index contributed by atoms with van der Waals surface area (Å²) < 4.78 is 10.6. The lowest BCUT2D eigenvalue weighted by molar-refractivity contribution is -0.164. The largest absolute Gasteiger partial charge is 0.497 e. The molecule has 1 N–H and O–H groups in total. The van der Waals surface area contributed by atoms with Gasteiger partial charge in [0.15, 0.2) is 6.29 Å². The molecule has 154 valence electrons. The highest BCUT2D eigenvalue weighted by Gasteiger charge is 2.62. The summed E-state index contributed by atoms with van der Waals surface area (Å²) >= 11 is 0. The lowest BCUT2D eigenvalue weighted by Gasteiger charge is -2.57. The number of fused-ring (bicyclic) bond motifs is 4. The van der Waals surface area contributed by atoms with E-state index in [0.717, 1.165) is 31.1 Å². The molecule has 1 aromatic carbocycles. The Morgan fingerprint density at radius 2 is 2.14 bits per heavy atom. The molecule has 29 heavy (non-hydrogen) atoms. The number of ether oxygens (including phenoxy) is 2. The van der Waals surface area contributed by atoms with Gasteiger partial charge in [-0.1, -0.05) is 13.3 Å². The number of carbonyl (C=O) groups is 3. The molecule has 4 atom stereocenters. The van der Waals surface area contributed by atoms with Crippen molar-refractivity contribution in [3.8, 4) is 5.75 Å². The maximum atomic E-state index is 13.3. The molecular formula is C22H26N2O5. The Labute approximate surface area is 169 Å². The fourth-order valence-electron chi connectivity index (χ4n) is 5.75. The van der Waals surface area contributed by atoms with Crippen molar-refractivity contribution in [2.45, 2.75) is 37.6 Å². The Kier molecular flexibility index (Phi) is 4.84. The van der Waals surface area contributed by atoms with Gasteiger partial charge in [0.05, 0.1) is 20.3 Å². The molecule has 0 unspecified atom stereocenters. The molecule has 2 aromatic rings. The molecule has 3 fully saturated rings. The number of esters is 1. The van der Waals surface area contributed by atoms with Crippen LogP contribution in [0.4, 0.5) is 0 Å². The smallest absolute Gasteiger partial charge is 0.319 e. The number of aldehydes is 1. The summed E-state index contributed by atoms with van der Waals surface area (Å²) in [6.45, 7) is 2.71. The normalized spacial score (nSPS) is 28.4. The fourth-order valence-corrected chi connectivity index (χ4v) is 5.75. The first-order valence-corrected chi connectivity index (χ1v) is 9.98. The molecule has 1 amide bonds. The second kappa shape index (κ2) is 7.21. The zero-order valence-electron chi connectivity index (χ0n) is 16.9. The highest BCUT2D eigenvalue weighted by molar-refractivity contribution is 6.02. The Hall–Kier alpha value is -2.83. The zero-order valence-corrected chi connectivity index (χ0v) is 16.9. The number of rotatable bonds is 6. The van der Waals surface area contributed by atoms with Crippen molar-refractivity contribution in [2.24, 2.45) is 11.8 Å². The van der Waals surface area contributed by atoms with E-state index < -0.39 is 11.4 Å². The molecule has 3 aliphatic rings. The lowest BCUT2D eigenvalue weighted by Crippen LogP contribution is -2.67. The van der Waals surface area contributed by atoms with Crippen LogP contribution < -0.4 is 4.74 Å². The summed E-state index contributed by atoms with van der Waals surface area (Å²) in [7, 11) is 2.93. The van der Waals surface area contributed by atoms with Crippen molar-refractivity contribution in [1.29, 1.82) is 0 Å². The second-order valence-electron chi connectivity index (χ2n) is 8.13. The standard InChI is InChI=1S/C22H26N2O5/c1-4-14-7-13-9-22(21(27)29-3,20(14)24(10-13)12-26)19-17(11-25)16-8-15(28-2)5-6-18(16)23-19/h5-6,8,11-14,20,23H,4,7,9-10H2,1-3H3/t13-,14+,20+,22-/m1/s1. The first kappa shape index (κ1) is 19.5. The van der Waals surface area contributed by atoms with Gasteiger partial charge < -0.3 is 19.4 Å². The number of aromatic amines is 1. The second-order valence-corrected chi connectivity index (χ2v) is 8.13. The van der Waals surface area contributed by atoms with E-state index in [2.05, 4.69) is 11.9 Å². The fraction of sp³-hybridized carbons (Fsp3) is 0.500. The maximum Gasteiger partial charge on any atom is 0.319 e. The number of nitrogens with zero attached hydrogens (tertiary/aromatic N) is 1. The predicted molar refractivity (Wildman–Crippen MR) is 107 cm³/mol. The van der Waals surface area contributed by atoms with Gasteiger partial charge in [0.2, 0.25) is 6.41 Å². The molecule has 0 spiro atoms. The summed E-state index contributed by atoms with van der Waals surface area (Å²) in [6.07, 6.45) is 3.98. The van der Waals surface area contributed by atoms with E-state index in [9.17, 15) is 14.4 Å². The number of aromatic nitrogens is 1. The summed E-state index contributed by atoms with van der Waals surface area (Å²) in [5.41, 5.74) is 0.623. The molecule has 2 aliphatic heterocycles. The minimum atomic E-state index is -1.10. The topological polar surface area (TPSA) is 88.7 Å². The number of amides is 1. The minimum Gasteiger partial charge on any atom is -0.497 e. The van der Waals surface area contributed by atoms with Gasteiger partial charge in [-0.3, -0.25) is 14.4 Å². The molecule has 1 aromatic heterocycles. The molecular weight excluding hydrogens is 372 g/mol. The third kappa shape index (κ3) is 2.67. The molecule has 2 bridgehead atoms. The van der Waals surface area contributed by atoms with Crippen molar-refractivity contribution < 1.29 is 23.9 Å². The highest BCUT2D eigenvalue weighted by Crippen LogP contribution is 2.53. The number of piperidine rings is 2. The average Bonchev–Trinajstić information content (AvgIpc) is 3.15. The van der Waals surface area contributed by atoms with Gasteiger partial charge in [0.25, 0.3) is 0 Å². The van der Waals surface area contributed by atoms with Gasteiger partial charge >= 0.3 is 5.97 Å². The third-order valence-corrected chi connectivity index (χ3v) is 6.84. The number of hydrogen-bond acceptors (Lipinski definition) is 5. The summed E-state index contributed by atoms with van der Waals surface area (Å²) in [5, 5.41) is 0.699. The molecule has 1 saturated carbocycles. The summed E-state index contributed by atoms with van der Waals surface area (Å²) in [6, 6.07) is 5.09. The van der Waals surface area contributed by atoms with Gasteiger partial charge in [-0.05, 0) is 42.9 Å². The first-order chi connectivity index (χ1) is 14.0. The van der Waals surface area contributed by atoms with Crippen LogP contribution in [0.25, 0.3) is 10.9 Å². The molecule has 1 aliphatic carbocycles. The van der Waals surface area contributed by atoms with Crippen molar-refractivity contribution in [1.82, 2.24) is 9.88 Å². The number of methoxy groups -OCH3 is 2. The highest BCUT2D eigenvalue weighted by atomic mass is 16.5. The molecule has 7 heteroatoms. The molecule has 7 nitrogen and oxygen atoms in total. The van der Waals surface area contributed by atoms with Crippen molar-refractivity contribution in [2.75, 3.05) is 20.8 Å². The van der Waals surface area contributed by atoms with Gasteiger partial charge in [0, 0.05) is 28.7 Å². The van der Waals surface area contributed by atoms with Gasteiger partial charge in [-0.15, -0.1) is 0 Å². The Balaban J connectivity index is 2.01. The third-order valence-electron chi connectivity index (χ3n) is 6.84. The van der Waals surface area contributed by atoms with Crippen LogP contribution in [0.15, 0.2) is 18.2 Å². The van der Waals surface area contributed by atoms with E-state index in [1.54, 1.807) is 18.1 Å². The van der Waals surface area contributed by atoms with Crippen LogP contribution in [0.5, 0.6) is 5.75 Å². The van der Waals surface area contributed by atoms with E-state index in [0.29, 0.717) is 35.4 Å². The van der Waals surface area contributed by atoms with Gasteiger partial charge in [0.1, 0.15) is 11.2 Å². The van der Waals surface area contributed by atoms with E-state index in [4.69, 9.17) is 9.47 Å². The zero-order chi connectivity index (χ0) is 20.8. The number of H-pyrrole nitrogens is 1. The van der Waals surface area contributed by atoms with Crippen LogP contribution in [0.3, 0.4) is 0 Å². The quantitative estimate of drug-likeness (QED) is 0.597. The number of benzene rings is 1. The minimum absolute atomic E-state index is 0.159. The van der Waals surface area contributed by atoms with Crippen LogP contribution in [0, 0.1) is 11.8 Å². The number of carbonyl (C=O) groups excluding carboxylic acids is 3. The van der Waals surface area contributed by atoms with Gasteiger partial charge in [-0.2, -0.15) is 0 Å². The van der Waals surface area contributed by atoms with Crippen LogP contribution in [0.2, 0.25) is 0 Å². The van der Waals surface area contributed by atoms with Crippen molar-refractivity contribution >= 4 is 29.6 Å². The number of hydrogen-bond donors (Lipinski definition) is 1. The van der Waals surface area contributed by atoms with E-state index >= 15 is 0 Å². The Morgan fingerprint density at radius 3 is 2.76 bits per heavy atom. The maximum absolute atomic E-state index is 13.3. The number of nitrogens with one attached hydrogen (secondary N) is 1.